The van der Waals surface area contributed by atoms with Crippen LogP contribution in [0.1, 0.15) is 5.56 Å². The third-order valence-corrected chi connectivity index (χ3v) is 3.44. The molecule has 0 saturated carbocycles. The molecule has 2 amide bonds. The van der Waals surface area contributed by atoms with Crippen LogP contribution in [0, 0.1) is 0 Å². The van der Waals surface area contributed by atoms with E-state index in [-0.39, 0.29) is 6.61 Å². The van der Waals surface area contributed by atoms with Gasteiger partial charge in [0.25, 0.3) is 0 Å². The second kappa shape index (κ2) is 7.02. The molecule has 0 atom stereocenters. The minimum Gasteiger partial charge on any atom is -0.473 e. The van der Waals surface area contributed by atoms with Gasteiger partial charge in [-0.15, -0.1) is 0 Å². The van der Waals surface area contributed by atoms with E-state index in [0.29, 0.717) is 17.1 Å². The quantitative estimate of drug-likeness (QED) is 0.441. The summed E-state index contributed by atoms with van der Waals surface area (Å²) in [5.41, 5.74) is 3.16. The molecule has 0 spiro atoms. The van der Waals surface area contributed by atoms with Gasteiger partial charge in [0, 0.05) is 22.3 Å². The molecule has 21 heavy (non-hydrogen) atoms. The smallest absolute Gasteiger partial charge is 0.350 e. The molecule has 0 saturated heterocycles. The molecular weight excluding hydrogens is 338 g/mol. The van der Waals surface area contributed by atoms with E-state index in [9.17, 15) is 4.79 Å². The fourth-order valence-corrected chi connectivity index (χ4v) is 2.14. The highest BCUT2D eigenvalue weighted by Crippen LogP contribution is 2.27. The van der Waals surface area contributed by atoms with Crippen molar-refractivity contribution in [2.45, 2.75) is 6.61 Å². The molecule has 0 fully saturated rings. The van der Waals surface area contributed by atoms with E-state index in [4.69, 9.17) is 16.4 Å². The van der Waals surface area contributed by atoms with Crippen LogP contribution in [0.25, 0.3) is 0 Å². The van der Waals surface area contributed by atoms with Crippen molar-refractivity contribution < 1.29 is 9.53 Å². The van der Waals surface area contributed by atoms with Crippen LogP contribution in [0.5, 0.6) is 5.88 Å². The lowest BCUT2D eigenvalue weighted by Gasteiger charge is -2.20. The average Bonchev–Trinajstić information content (AvgIpc) is 2.53. The number of hydrogen-bond donors (Lipinski definition) is 3. The Morgan fingerprint density at radius 1 is 1.33 bits per heavy atom. The summed E-state index contributed by atoms with van der Waals surface area (Å²) in [5, 5.41) is 0.919. The molecule has 0 radical (unpaired) electrons. The van der Waals surface area contributed by atoms with Crippen molar-refractivity contribution in [1.29, 1.82) is 0 Å². The topological polar surface area (TPSA) is 106 Å². The van der Waals surface area contributed by atoms with Gasteiger partial charge in [-0.3, -0.25) is 5.43 Å². The zero-order chi connectivity index (χ0) is 15.2. The monoisotopic (exact) mass is 351 g/mol. The van der Waals surface area contributed by atoms with E-state index in [1.54, 1.807) is 30.5 Å². The van der Waals surface area contributed by atoms with E-state index >= 15 is 0 Å². The number of urea groups is 1. The van der Waals surface area contributed by atoms with Crippen LogP contribution in [0.3, 0.4) is 0 Å². The van der Waals surface area contributed by atoms with Gasteiger partial charge >= 0.3 is 6.03 Å². The third kappa shape index (κ3) is 3.69. The number of pyridine rings is 1. The predicted molar refractivity (Wildman–Crippen MR) is 82.1 cm³/mol. The van der Waals surface area contributed by atoms with E-state index in [0.717, 1.165) is 9.48 Å². The lowest BCUT2D eigenvalue weighted by atomic mass is 10.2. The maximum atomic E-state index is 11.5. The number of nitrogens with zero attached hydrogens (tertiary/aromatic N) is 2. The molecule has 7 nitrogen and oxygen atoms in total. The second-order valence-electron chi connectivity index (χ2n) is 4.01. The van der Waals surface area contributed by atoms with Crippen molar-refractivity contribution in [2.24, 2.45) is 11.7 Å². The maximum absolute atomic E-state index is 11.5. The summed E-state index contributed by atoms with van der Waals surface area (Å²) in [5.74, 6) is 11.3. The standard InChI is InChI=1S/C13H14BrN5O2/c14-10-4-3-5-11(19(16)13(20)18-15)9(10)8-21-12-6-1-2-7-17-12/h1-7H,8,15-16H2,(H,18,20). The normalized spacial score (nSPS) is 10.0. The van der Waals surface area contributed by atoms with Crippen molar-refractivity contribution in [3.05, 3.63) is 52.6 Å². The van der Waals surface area contributed by atoms with Crippen molar-refractivity contribution in [3.63, 3.8) is 0 Å². The van der Waals surface area contributed by atoms with Gasteiger partial charge in [0.05, 0.1) is 5.69 Å². The third-order valence-electron chi connectivity index (χ3n) is 2.70. The first-order valence-electron chi connectivity index (χ1n) is 6.00. The summed E-state index contributed by atoms with van der Waals surface area (Å²) < 4.78 is 6.35. The predicted octanol–water partition coefficient (Wildman–Crippen LogP) is 1.69. The van der Waals surface area contributed by atoms with Gasteiger partial charge in [0.2, 0.25) is 5.88 Å². The number of carbonyl (C=O) groups is 1. The molecule has 0 aliphatic heterocycles. The summed E-state index contributed by atoms with van der Waals surface area (Å²) in [6, 6.07) is 10.00. The Kier molecular flexibility index (Phi) is 5.09. The molecule has 0 unspecified atom stereocenters. The zero-order valence-corrected chi connectivity index (χ0v) is 12.6. The summed E-state index contributed by atoms with van der Waals surface area (Å²) in [6.45, 7) is 0.194. The fraction of sp³-hybridized carbons (Fsp3) is 0.0769. The van der Waals surface area contributed by atoms with E-state index in [1.807, 2.05) is 17.6 Å². The first kappa shape index (κ1) is 15.2. The number of carbonyl (C=O) groups excluding carboxylic acids is 1. The summed E-state index contributed by atoms with van der Waals surface area (Å²) in [4.78, 5) is 15.6. The van der Waals surface area contributed by atoms with Crippen LogP contribution >= 0.6 is 15.9 Å². The molecule has 2 aromatic rings. The molecular formula is C13H14BrN5O2. The van der Waals surface area contributed by atoms with Crippen LogP contribution in [0.4, 0.5) is 10.5 Å². The summed E-state index contributed by atoms with van der Waals surface area (Å²) in [7, 11) is 0. The van der Waals surface area contributed by atoms with Crippen LogP contribution in [0.15, 0.2) is 47.1 Å². The lowest BCUT2D eigenvalue weighted by Crippen LogP contribution is -2.48. The highest BCUT2D eigenvalue weighted by atomic mass is 79.9. The van der Waals surface area contributed by atoms with Gasteiger partial charge in [-0.1, -0.05) is 28.1 Å². The lowest BCUT2D eigenvalue weighted by molar-refractivity contribution is 0.246. The highest BCUT2D eigenvalue weighted by molar-refractivity contribution is 9.10. The molecule has 1 heterocycles. The molecule has 1 aromatic heterocycles. The number of halogens is 1. The molecule has 0 aliphatic rings. The van der Waals surface area contributed by atoms with Gasteiger partial charge in [-0.25, -0.2) is 26.5 Å². The molecule has 8 heteroatoms. The Morgan fingerprint density at radius 3 is 2.81 bits per heavy atom. The van der Waals surface area contributed by atoms with Crippen LogP contribution in [-0.4, -0.2) is 11.0 Å². The highest BCUT2D eigenvalue weighted by Gasteiger charge is 2.16. The van der Waals surface area contributed by atoms with Gasteiger partial charge < -0.3 is 4.74 Å². The van der Waals surface area contributed by atoms with E-state index in [1.165, 1.54) is 0 Å². The largest absolute Gasteiger partial charge is 0.473 e. The molecule has 2 rings (SSSR count). The molecule has 1 aromatic carbocycles. The van der Waals surface area contributed by atoms with Crippen LogP contribution in [-0.2, 0) is 6.61 Å². The average molecular weight is 352 g/mol. The molecule has 5 N–H and O–H groups in total. The van der Waals surface area contributed by atoms with Gasteiger partial charge in [0.1, 0.15) is 6.61 Å². The Bertz CT molecular complexity index is 623. The zero-order valence-electron chi connectivity index (χ0n) is 11.0. The summed E-state index contributed by atoms with van der Waals surface area (Å²) in [6.07, 6.45) is 1.63. The minimum atomic E-state index is -0.632. The number of amides is 2. The number of nitrogens with two attached hydrogens (primary N) is 2. The van der Waals surface area contributed by atoms with E-state index in [2.05, 4.69) is 20.9 Å². The van der Waals surface area contributed by atoms with Gasteiger partial charge in [0.15, 0.2) is 0 Å². The Balaban J connectivity index is 2.24. The maximum Gasteiger partial charge on any atom is 0.350 e. The number of hydrogen-bond acceptors (Lipinski definition) is 5. The number of hydrazine groups is 2. The number of aromatic nitrogens is 1. The summed E-state index contributed by atoms with van der Waals surface area (Å²) >= 11 is 3.41. The molecule has 0 bridgehead atoms. The van der Waals surface area contributed by atoms with Gasteiger partial charge in [-0.2, -0.15) is 0 Å². The van der Waals surface area contributed by atoms with Gasteiger partial charge in [-0.05, 0) is 18.2 Å². The van der Waals surface area contributed by atoms with Crippen molar-refractivity contribution in [3.8, 4) is 5.88 Å². The van der Waals surface area contributed by atoms with Crippen molar-refractivity contribution in [2.75, 3.05) is 5.01 Å². The minimum absolute atomic E-state index is 0.194. The first-order chi connectivity index (χ1) is 10.1. The Labute approximate surface area is 130 Å². The number of nitrogens with one attached hydrogen (secondary N) is 1. The van der Waals surface area contributed by atoms with Crippen LogP contribution < -0.4 is 26.9 Å². The van der Waals surface area contributed by atoms with E-state index < -0.39 is 6.03 Å². The SMILES string of the molecule is NNC(=O)N(N)c1cccc(Br)c1COc1ccccn1. The number of benzene rings is 1. The number of rotatable bonds is 4. The number of ether oxygens (including phenoxy) is 1. The molecule has 0 aliphatic carbocycles. The fourth-order valence-electron chi connectivity index (χ4n) is 1.67. The van der Waals surface area contributed by atoms with Crippen LogP contribution in [0.2, 0.25) is 0 Å². The number of anilines is 1. The van der Waals surface area contributed by atoms with Crippen molar-refractivity contribution >= 4 is 27.6 Å². The second-order valence-corrected chi connectivity index (χ2v) is 4.87. The van der Waals surface area contributed by atoms with Crippen molar-refractivity contribution in [1.82, 2.24) is 10.4 Å². The molecule has 110 valence electrons. The Morgan fingerprint density at radius 2 is 2.14 bits per heavy atom. The first-order valence-corrected chi connectivity index (χ1v) is 6.79. The Hall–Kier alpha value is -2.16.